The van der Waals surface area contributed by atoms with E-state index in [1.165, 1.54) is 6.20 Å². The molecule has 1 aromatic heterocycles. The first-order chi connectivity index (χ1) is 9.63. The number of halogens is 1. The van der Waals surface area contributed by atoms with Gasteiger partial charge in [0, 0.05) is 25.8 Å². The van der Waals surface area contributed by atoms with Crippen molar-refractivity contribution in [2.45, 2.75) is 26.7 Å². The molecular formula is C14H22ClN3O2. The van der Waals surface area contributed by atoms with E-state index in [0.29, 0.717) is 29.5 Å². The maximum atomic E-state index is 12.4. The van der Waals surface area contributed by atoms with Gasteiger partial charge in [-0.05, 0) is 18.9 Å². The molecule has 0 saturated heterocycles. The van der Waals surface area contributed by atoms with E-state index in [1.807, 2.05) is 6.92 Å². The SMILES string of the molecule is CCCNc1cc(C(=O)N(CCC)CCO)c(Cl)cn1. The zero-order chi connectivity index (χ0) is 15.0. The number of aliphatic hydroxyl groups excluding tert-OH is 1. The molecule has 6 heteroatoms. The van der Waals surface area contributed by atoms with E-state index in [4.69, 9.17) is 16.7 Å². The lowest BCUT2D eigenvalue weighted by molar-refractivity contribution is 0.0722. The van der Waals surface area contributed by atoms with Crippen molar-refractivity contribution in [1.82, 2.24) is 9.88 Å². The molecule has 1 aromatic rings. The molecule has 1 amide bonds. The Morgan fingerprint density at radius 1 is 1.40 bits per heavy atom. The highest BCUT2D eigenvalue weighted by Crippen LogP contribution is 2.20. The molecule has 0 aliphatic heterocycles. The average Bonchev–Trinajstić information content (AvgIpc) is 2.45. The molecule has 0 aliphatic carbocycles. The topological polar surface area (TPSA) is 65.5 Å². The van der Waals surface area contributed by atoms with Crippen molar-refractivity contribution in [2.24, 2.45) is 0 Å². The van der Waals surface area contributed by atoms with Crippen LogP contribution in [0, 0.1) is 0 Å². The number of hydrogen-bond donors (Lipinski definition) is 2. The maximum Gasteiger partial charge on any atom is 0.255 e. The quantitative estimate of drug-likeness (QED) is 0.773. The first kappa shape index (κ1) is 16.7. The number of nitrogens with zero attached hydrogens (tertiary/aromatic N) is 2. The summed E-state index contributed by atoms with van der Waals surface area (Å²) in [6.45, 7) is 5.67. The molecule has 112 valence electrons. The van der Waals surface area contributed by atoms with Crippen molar-refractivity contribution < 1.29 is 9.90 Å². The minimum absolute atomic E-state index is 0.0601. The van der Waals surface area contributed by atoms with Crippen molar-refractivity contribution in [1.29, 1.82) is 0 Å². The Bertz CT molecular complexity index is 434. The minimum Gasteiger partial charge on any atom is -0.395 e. The summed E-state index contributed by atoms with van der Waals surface area (Å²) in [6, 6.07) is 1.67. The first-order valence-corrected chi connectivity index (χ1v) is 7.31. The van der Waals surface area contributed by atoms with Gasteiger partial charge in [-0.15, -0.1) is 0 Å². The molecular weight excluding hydrogens is 278 g/mol. The minimum atomic E-state index is -0.173. The number of aromatic nitrogens is 1. The number of carbonyl (C=O) groups is 1. The van der Waals surface area contributed by atoms with Crippen LogP contribution in [0.5, 0.6) is 0 Å². The van der Waals surface area contributed by atoms with Crippen LogP contribution in [0.3, 0.4) is 0 Å². The van der Waals surface area contributed by atoms with E-state index in [2.05, 4.69) is 17.2 Å². The molecule has 5 nitrogen and oxygen atoms in total. The predicted octanol–water partition coefficient (Wildman–Crippen LogP) is 2.40. The van der Waals surface area contributed by atoms with Crippen LogP contribution < -0.4 is 5.32 Å². The summed E-state index contributed by atoms with van der Waals surface area (Å²) in [5.74, 6) is 0.466. The summed E-state index contributed by atoms with van der Waals surface area (Å²) in [7, 11) is 0. The molecule has 0 fully saturated rings. The van der Waals surface area contributed by atoms with E-state index in [9.17, 15) is 4.79 Å². The van der Waals surface area contributed by atoms with Crippen LogP contribution in [0.1, 0.15) is 37.0 Å². The van der Waals surface area contributed by atoms with Gasteiger partial charge < -0.3 is 15.3 Å². The highest BCUT2D eigenvalue weighted by atomic mass is 35.5. The van der Waals surface area contributed by atoms with Crippen LogP contribution in [-0.2, 0) is 0 Å². The van der Waals surface area contributed by atoms with Crippen LogP contribution in [0.15, 0.2) is 12.3 Å². The summed E-state index contributed by atoms with van der Waals surface area (Å²) in [6.07, 6.45) is 3.28. The number of nitrogens with one attached hydrogen (secondary N) is 1. The van der Waals surface area contributed by atoms with Crippen molar-refractivity contribution in [3.63, 3.8) is 0 Å². The summed E-state index contributed by atoms with van der Waals surface area (Å²) in [5.41, 5.74) is 0.419. The second-order valence-electron chi connectivity index (χ2n) is 4.49. The van der Waals surface area contributed by atoms with Gasteiger partial charge in [0.1, 0.15) is 5.82 Å². The van der Waals surface area contributed by atoms with Gasteiger partial charge in [-0.1, -0.05) is 25.4 Å². The number of carbonyl (C=O) groups excluding carboxylic acids is 1. The van der Waals surface area contributed by atoms with E-state index in [0.717, 1.165) is 19.4 Å². The van der Waals surface area contributed by atoms with E-state index in [1.54, 1.807) is 11.0 Å². The monoisotopic (exact) mass is 299 g/mol. The second kappa shape index (κ2) is 8.76. The van der Waals surface area contributed by atoms with Crippen molar-refractivity contribution in [2.75, 3.05) is 31.6 Å². The van der Waals surface area contributed by atoms with Gasteiger partial charge >= 0.3 is 0 Å². The molecule has 0 unspecified atom stereocenters. The molecule has 0 spiro atoms. The number of hydrogen-bond acceptors (Lipinski definition) is 4. The molecule has 0 saturated carbocycles. The zero-order valence-electron chi connectivity index (χ0n) is 12.0. The van der Waals surface area contributed by atoms with E-state index in [-0.39, 0.29) is 12.5 Å². The smallest absolute Gasteiger partial charge is 0.255 e. The fourth-order valence-electron chi connectivity index (χ4n) is 1.83. The van der Waals surface area contributed by atoms with Crippen LogP contribution in [-0.4, -0.2) is 47.1 Å². The Balaban J connectivity index is 2.94. The largest absolute Gasteiger partial charge is 0.395 e. The maximum absolute atomic E-state index is 12.4. The fraction of sp³-hybridized carbons (Fsp3) is 0.571. The standard InChI is InChI=1S/C14H22ClN3O2/c1-3-5-16-13-9-11(12(15)10-17-13)14(20)18(6-4-2)7-8-19/h9-10,19H,3-8H2,1-2H3,(H,16,17). The average molecular weight is 300 g/mol. The number of pyridine rings is 1. The van der Waals surface area contributed by atoms with Crippen LogP contribution in [0.4, 0.5) is 5.82 Å². The third-order valence-electron chi connectivity index (χ3n) is 2.79. The van der Waals surface area contributed by atoms with E-state index >= 15 is 0 Å². The summed E-state index contributed by atoms with van der Waals surface area (Å²) in [5, 5.41) is 12.5. The van der Waals surface area contributed by atoms with Gasteiger partial charge in [0.25, 0.3) is 5.91 Å². The molecule has 2 N–H and O–H groups in total. The summed E-state index contributed by atoms with van der Waals surface area (Å²) < 4.78 is 0. The lowest BCUT2D eigenvalue weighted by atomic mass is 10.2. The Morgan fingerprint density at radius 3 is 2.75 bits per heavy atom. The van der Waals surface area contributed by atoms with Gasteiger partial charge in [-0.3, -0.25) is 4.79 Å². The Labute approximate surface area is 125 Å². The second-order valence-corrected chi connectivity index (χ2v) is 4.90. The Hall–Kier alpha value is -1.33. The molecule has 0 aromatic carbocycles. The first-order valence-electron chi connectivity index (χ1n) is 6.93. The molecule has 20 heavy (non-hydrogen) atoms. The Kier molecular flexibility index (Phi) is 7.33. The van der Waals surface area contributed by atoms with Crippen molar-refractivity contribution >= 4 is 23.3 Å². The molecule has 0 bridgehead atoms. The van der Waals surface area contributed by atoms with Crippen LogP contribution in [0.2, 0.25) is 5.02 Å². The number of aliphatic hydroxyl groups is 1. The fourth-order valence-corrected chi connectivity index (χ4v) is 2.01. The predicted molar refractivity (Wildman–Crippen MR) is 81.3 cm³/mol. The van der Waals surface area contributed by atoms with Gasteiger partial charge in [-0.25, -0.2) is 4.98 Å². The molecule has 1 heterocycles. The highest BCUT2D eigenvalue weighted by molar-refractivity contribution is 6.33. The molecule has 0 aliphatic rings. The van der Waals surface area contributed by atoms with Gasteiger partial charge in [0.2, 0.25) is 0 Å². The van der Waals surface area contributed by atoms with Gasteiger partial charge in [0.05, 0.1) is 17.2 Å². The third kappa shape index (κ3) is 4.65. The zero-order valence-corrected chi connectivity index (χ0v) is 12.8. The number of rotatable bonds is 8. The van der Waals surface area contributed by atoms with Crippen molar-refractivity contribution in [3.05, 3.63) is 22.8 Å². The third-order valence-corrected chi connectivity index (χ3v) is 3.09. The molecule has 0 atom stereocenters. The molecule has 0 radical (unpaired) electrons. The lowest BCUT2D eigenvalue weighted by Crippen LogP contribution is -2.34. The van der Waals surface area contributed by atoms with Gasteiger partial charge in [-0.2, -0.15) is 0 Å². The lowest BCUT2D eigenvalue weighted by Gasteiger charge is -2.21. The summed E-state index contributed by atoms with van der Waals surface area (Å²) in [4.78, 5) is 18.2. The number of amides is 1. The van der Waals surface area contributed by atoms with Gasteiger partial charge in [0.15, 0.2) is 0 Å². The van der Waals surface area contributed by atoms with Crippen LogP contribution >= 0.6 is 11.6 Å². The highest BCUT2D eigenvalue weighted by Gasteiger charge is 2.18. The normalized spacial score (nSPS) is 10.4. The van der Waals surface area contributed by atoms with Crippen LogP contribution in [0.25, 0.3) is 0 Å². The molecule has 1 rings (SSSR count). The number of anilines is 1. The Morgan fingerprint density at radius 2 is 2.15 bits per heavy atom. The van der Waals surface area contributed by atoms with Crippen molar-refractivity contribution in [3.8, 4) is 0 Å². The van der Waals surface area contributed by atoms with E-state index < -0.39 is 0 Å². The summed E-state index contributed by atoms with van der Waals surface area (Å²) >= 11 is 6.07.